The molecule has 0 saturated heterocycles. The summed E-state index contributed by atoms with van der Waals surface area (Å²) in [5, 5.41) is 8.73. The minimum absolute atomic E-state index is 0.279. The Morgan fingerprint density at radius 3 is 2.12 bits per heavy atom. The summed E-state index contributed by atoms with van der Waals surface area (Å²) in [4.78, 5) is 41.5. The first kappa shape index (κ1) is 18.1. The zero-order valence-electron chi connectivity index (χ0n) is 13.9. The Morgan fingerprint density at radius 1 is 1.04 bits per heavy atom. The standard InChI is InChI=1S/C18H23NO5/c1-2-3-4-5-6-7-12-15(18(22)24-23)19-16(20)13-10-8-9-11-14(13)17(19)21/h8-11,15,23H,2-7,12H2,1H3. The van der Waals surface area contributed by atoms with E-state index >= 15 is 0 Å². The van der Waals surface area contributed by atoms with Gasteiger partial charge in [0.1, 0.15) is 6.04 Å². The van der Waals surface area contributed by atoms with E-state index in [0.717, 1.165) is 30.6 Å². The first-order valence-electron chi connectivity index (χ1n) is 8.44. The highest BCUT2D eigenvalue weighted by Gasteiger charge is 2.43. The van der Waals surface area contributed by atoms with Gasteiger partial charge in [-0.25, -0.2) is 4.79 Å². The van der Waals surface area contributed by atoms with Crippen molar-refractivity contribution in [2.75, 3.05) is 0 Å². The number of carbonyl (C=O) groups excluding carboxylic acids is 3. The molecule has 0 saturated carbocycles. The Labute approximate surface area is 141 Å². The third-order valence-corrected chi connectivity index (χ3v) is 4.33. The minimum atomic E-state index is -1.09. The average molecular weight is 333 g/mol. The molecule has 6 nitrogen and oxygen atoms in total. The molecule has 6 heteroatoms. The van der Waals surface area contributed by atoms with Crippen LogP contribution in [0.3, 0.4) is 0 Å². The number of amides is 2. The lowest BCUT2D eigenvalue weighted by Gasteiger charge is -2.23. The molecule has 1 aromatic rings. The molecule has 130 valence electrons. The second-order valence-electron chi connectivity index (χ2n) is 6.01. The lowest BCUT2D eigenvalue weighted by molar-refractivity contribution is -0.238. The molecule has 0 fully saturated rings. The van der Waals surface area contributed by atoms with Crippen LogP contribution in [0.1, 0.15) is 72.6 Å². The number of carbonyl (C=O) groups is 3. The lowest BCUT2D eigenvalue weighted by Crippen LogP contribution is -2.45. The third kappa shape index (κ3) is 3.82. The number of benzene rings is 1. The number of imide groups is 1. The Morgan fingerprint density at radius 2 is 1.58 bits per heavy atom. The van der Waals surface area contributed by atoms with Crippen LogP contribution in [0.4, 0.5) is 0 Å². The molecule has 0 spiro atoms. The van der Waals surface area contributed by atoms with E-state index in [9.17, 15) is 14.4 Å². The maximum atomic E-state index is 12.5. The molecule has 2 amide bonds. The van der Waals surface area contributed by atoms with Crippen molar-refractivity contribution in [2.24, 2.45) is 0 Å². The molecule has 1 aromatic carbocycles. The normalized spacial score (nSPS) is 14.7. The minimum Gasteiger partial charge on any atom is -0.299 e. The van der Waals surface area contributed by atoms with Crippen molar-refractivity contribution in [3.05, 3.63) is 35.4 Å². The zero-order valence-corrected chi connectivity index (χ0v) is 13.9. The lowest BCUT2D eigenvalue weighted by atomic mass is 10.0. The van der Waals surface area contributed by atoms with E-state index in [1.165, 1.54) is 6.42 Å². The molecule has 0 aliphatic carbocycles. The van der Waals surface area contributed by atoms with E-state index < -0.39 is 23.8 Å². The molecule has 1 unspecified atom stereocenters. The third-order valence-electron chi connectivity index (χ3n) is 4.33. The van der Waals surface area contributed by atoms with Gasteiger partial charge in [0.2, 0.25) is 0 Å². The van der Waals surface area contributed by atoms with E-state index in [1.807, 2.05) is 0 Å². The van der Waals surface area contributed by atoms with E-state index in [4.69, 9.17) is 5.26 Å². The summed E-state index contributed by atoms with van der Waals surface area (Å²) in [6.07, 6.45) is 6.34. The molecular weight excluding hydrogens is 310 g/mol. The first-order valence-corrected chi connectivity index (χ1v) is 8.44. The maximum absolute atomic E-state index is 12.5. The van der Waals surface area contributed by atoms with Crippen molar-refractivity contribution < 1.29 is 24.5 Å². The summed E-state index contributed by atoms with van der Waals surface area (Å²) < 4.78 is 0. The molecule has 1 heterocycles. The van der Waals surface area contributed by atoms with Crippen LogP contribution >= 0.6 is 0 Å². The Bertz CT molecular complexity index is 578. The van der Waals surface area contributed by atoms with Gasteiger partial charge < -0.3 is 0 Å². The van der Waals surface area contributed by atoms with Crippen LogP contribution in [0, 0.1) is 0 Å². The Balaban J connectivity index is 2.05. The summed E-state index contributed by atoms with van der Waals surface area (Å²) >= 11 is 0. The van der Waals surface area contributed by atoms with E-state index in [0.29, 0.717) is 6.42 Å². The van der Waals surface area contributed by atoms with Gasteiger partial charge in [-0.2, -0.15) is 5.26 Å². The number of hydrogen-bond donors (Lipinski definition) is 1. The van der Waals surface area contributed by atoms with Crippen molar-refractivity contribution in [1.29, 1.82) is 0 Å². The summed E-state index contributed by atoms with van der Waals surface area (Å²) in [5.74, 6) is -2.01. The van der Waals surface area contributed by atoms with Crippen LogP contribution in [-0.4, -0.2) is 34.0 Å². The molecule has 0 radical (unpaired) electrons. The van der Waals surface area contributed by atoms with Crippen molar-refractivity contribution in [3.63, 3.8) is 0 Å². The smallest absolute Gasteiger partial charge is 0.299 e. The monoisotopic (exact) mass is 333 g/mol. The highest BCUT2D eigenvalue weighted by molar-refractivity contribution is 6.22. The van der Waals surface area contributed by atoms with E-state index in [-0.39, 0.29) is 17.5 Å². The van der Waals surface area contributed by atoms with Gasteiger partial charge in [-0.1, -0.05) is 57.6 Å². The fraction of sp³-hybridized carbons (Fsp3) is 0.500. The van der Waals surface area contributed by atoms with Crippen LogP contribution in [0.5, 0.6) is 0 Å². The summed E-state index contributed by atoms with van der Waals surface area (Å²) in [5.41, 5.74) is 0.558. The van der Waals surface area contributed by atoms with Crippen LogP contribution in [0.15, 0.2) is 24.3 Å². The van der Waals surface area contributed by atoms with Crippen molar-refractivity contribution >= 4 is 17.8 Å². The van der Waals surface area contributed by atoms with Gasteiger partial charge in [0.25, 0.3) is 11.8 Å². The quantitative estimate of drug-likeness (QED) is 0.324. The summed E-state index contributed by atoms with van der Waals surface area (Å²) in [6.45, 7) is 2.13. The summed E-state index contributed by atoms with van der Waals surface area (Å²) in [6, 6.07) is 5.36. The van der Waals surface area contributed by atoms with Gasteiger partial charge in [-0.15, -0.1) is 0 Å². The largest absolute Gasteiger partial charge is 0.364 e. The number of unbranched alkanes of at least 4 members (excludes halogenated alkanes) is 5. The SMILES string of the molecule is CCCCCCCCC(C(=O)OO)N1C(=O)c2ccccc2C1=O. The highest BCUT2D eigenvalue weighted by Crippen LogP contribution is 2.27. The van der Waals surface area contributed by atoms with E-state index in [1.54, 1.807) is 24.3 Å². The van der Waals surface area contributed by atoms with Gasteiger partial charge in [-0.05, 0) is 18.6 Å². The average Bonchev–Trinajstić information content (AvgIpc) is 2.86. The predicted molar refractivity (Wildman–Crippen MR) is 87.4 cm³/mol. The number of rotatable bonds is 9. The van der Waals surface area contributed by atoms with Gasteiger partial charge in [-0.3, -0.25) is 19.4 Å². The fourth-order valence-electron chi connectivity index (χ4n) is 3.02. The highest BCUT2D eigenvalue weighted by atomic mass is 17.1. The zero-order chi connectivity index (χ0) is 17.5. The number of hydrogen-bond acceptors (Lipinski definition) is 5. The van der Waals surface area contributed by atoms with Crippen LogP contribution < -0.4 is 0 Å². The first-order chi connectivity index (χ1) is 11.6. The molecule has 0 bridgehead atoms. The second kappa shape index (κ2) is 8.59. The van der Waals surface area contributed by atoms with Gasteiger partial charge in [0.15, 0.2) is 0 Å². The molecule has 1 aliphatic heterocycles. The molecule has 2 rings (SSSR count). The van der Waals surface area contributed by atoms with Gasteiger partial charge >= 0.3 is 5.97 Å². The second-order valence-corrected chi connectivity index (χ2v) is 6.01. The molecule has 1 aliphatic rings. The Kier molecular flexibility index (Phi) is 6.49. The fourth-order valence-corrected chi connectivity index (χ4v) is 3.02. The van der Waals surface area contributed by atoms with Crippen LogP contribution in [-0.2, 0) is 9.68 Å². The maximum Gasteiger partial charge on any atom is 0.364 e. The molecule has 1 N–H and O–H groups in total. The van der Waals surface area contributed by atoms with Crippen LogP contribution in [0.2, 0.25) is 0 Å². The molecule has 0 aromatic heterocycles. The number of nitrogens with zero attached hydrogens (tertiary/aromatic N) is 1. The molecule has 24 heavy (non-hydrogen) atoms. The molecular formula is C18H23NO5. The van der Waals surface area contributed by atoms with Crippen LogP contribution in [0.25, 0.3) is 0 Å². The topological polar surface area (TPSA) is 83.9 Å². The van der Waals surface area contributed by atoms with Crippen molar-refractivity contribution in [1.82, 2.24) is 4.90 Å². The summed E-state index contributed by atoms with van der Waals surface area (Å²) in [7, 11) is 0. The van der Waals surface area contributed by atoms with Crippen molar-refractivity contribution in [3.8, 4) is 0 Å². The predicted octanol–water partition coefficient (Wildman–Crippen LogP) is 3.42. The van der Waals surface area contributed by atoms with Crippen molar-refractivity contribution in [2.45, 2.75) is 57.9 Å². The van der Waals surface area contributed by atoms with E-state index in [2.05, 4.69) is 11.8 Å². The van der Waals surface area contributed by atoms with Gasteiger partial charge in [0, 0.05) is 0 Å². The molecule has 1 atom stereocenters. The number of fused-ring (bicyclic) bond motifs is 1. The Hall–Kier alpha value is -2.21. The van der Waals surface area contributed by atoms with Gasteiger partial charge in [0.05, 0.1) is 11.1 Å².